The summed E-state index contributed by atoms with van der Waals surface area (Å²) in [6.07, 6.45) is -0.838. The second kappa shape index (κ2) is 12.8. The largest absolute Gasteiger partial charge is 0.468 e. The van der Waals surface area contributed by atoms with Crippen LogP contribution in [0.3, 0.4) is 0 Å². The van der Waals surface area contributed by atoms with Crippen LogP contribution in [0, 0.1) is 25.2 Å². The van der Waals surface area contributed by atoms with Crippen molar-refractivity contribution in [3.05, 3.63) is 34.9 Å². The number of hydrogen-bond acceptors (Lipinski definition) is 8. The van der Waals surface area contributed by atoms with Crippen LogP contribution in [-0.2, 0) is 23.9 Å². The Kier molecular flexibility index (Phi) is 10.9. The molecule has 0 saturated carbocycles. The molecular formula is C23H32N4O6S. The molecule has 0 heterocycles. The number of nitriles is 1. The molecule has 186 valence electrons. The van der Waals surface area contributed by atoms with Crippen molar-refractivity contribution >= 4 is 36.5 Å². The predicted octanol–water partition coefficient (Wildman–Crippen LogP) is 1.81. The summed E-state index contributed by atoms with van der Waals surface area (Å²) < 4.78 is 9.77. The molecule has 1 aromatic carbocycles. The van der Waals surface area contributed by atoms with Crippen molar-refractivity contribution in [3.8, 4) is 6.07 Å². The Labute approximate surface area is 205 Å². The number of methoxy groups -OCH3 is 1. The minimum atomic E-state index is -1.25. The molecule has 0 spiro atoms. The lowest BCUT2D eigenvalue weighted by Crippen LogP contribution is -2.54. The van der Waals surface area contributed by atoms with E-state index in [1.807, 2.05) is 19.9 Å². The first-order chi connectivity index (χ1) is 15.8. The number of thiol groups is 1. The number of alkyl carbamates (subject to hydrolysis) is 1. The zero-order valence-corrected chi connectivity index (χ0v) is 21.2. The predicted molar refractivity (Wildman–Crippen MR) is 128 cm³/mol. The van der Waals surface area contributed by atoms with E-state index in [1.54, 1.807) is 39.0 Å². The van der Waals surface area contributed by atoms with Crippen molar-refractivity contribution in [1.29, 1.82) is 5.26 Å². The van der Waals surface area contributed by atoms with Gasteiger partial charge in [-0.2, -0.15) is 17.9 Å². The smallest absolute Gasteiger partial charge is 0.408 e. The van der Waals surface area contributed by atoms with Gasteiger partial charge in [0, 0.05) is 5.75 Å². The summed E-state index contributed by atoms with van der Waals surface area (Å²) in [5.74, 6) is -2.18. The molecule has 1 aromatic rings. The highest BCUT2D eigenvalue weighted by molar-refractivity contribution is 7.80. The Morgan fingerprint density at radius 2 is 1.82 bits per heavy atom. The first-order valence-corrected chi connectivity index (χ1v) is 11.2. The fourth-order valence-electron chi connectivity index (χ4n) is 2.94. The van der Waals surface area contributed by atoms with E-state index in [9.17, 15) is 24.4 Å². The number of carbonyl (C=O) groups excluding carboxylic acids is 4. The molecule has 2 N–H and O–H groups in total. The summed E-state index contributed by atoms with van der Waals surface area (Å²) >= 11 is 4.16. The second-order valence-corrected chi connectivity index (χ2v) is 8.91. The normalized spacial score (nSPS) is 12.5. The van der Waals surface area contributed by atoms with Crippen LogP contribution in [-0.4, -0.2) is 66.4 Å². The van der Waals surface area contributed by atoms with Gasteiger partial charge in [0.1, 0.15) is 30.8 Å². The van der Waals surface area contributed by atoms with Crippen molar-refractivity contribution in [2.45, 2.75) is 52.3 Å². The van der Waals surface area contributed by atoms with Crippen LogP contribution in [0.1, 0.15) is 43.5 Å². The molecule has 0 fully saturated rings. The number of aryl methyl sites for hydroxylation is 2. The van der Waals surface area contributed by atoms with Gasteiger partial charge in [0.05, 0.1) is 13.2 Å². The van der Waals surface area contributed by atoms with Crippen molar-refractivity contribution < 1.29 is 28.7 Å². The number of nitrogens with one attached hydrogen (secondary N) is 2. The third-order valence-electron chi connectivity index (χ3n) is 4.74. The third-order valence-corrected chi connectivity index (χ3v) is 5.10. The summed E-state index contributed by atoms with van der Waals surface area (Å²) in [5.41, 5.74) is 1.47. The Morgan fingerprint density at radius 3 is 2.32 bits per heavy atom. The Balaban J connectivity index is 3.38. The van der Waals surface area contributed by atoms with Crippen LogP contribution in [0.15, 0.2) is 18.2 Å². The minimum Gasteiger partial charge on any atom is -0.468 e. The summed E-state index contributed by atoms with van der Waals surface area (Å²) in [7, 11) is 1.18. The van der Waals surface area contributed by atoms with Crippen molar-refractivity contribution in [2.75, 3.05) is 26.0 Å². The first-order valence-electron chi connectivity index (χ1n) is 10.5. The second-order valence-electron chi connectivity index (χ2n) is 8.55. The lowest BCUT2D eigenvalue weighted by molar-refractivity contribution is -0.144. The van der Waals surface area contributed by atoms with Crippen LogP contribution in [0.2, 0.25) is 0 Å². The number of hydrogen-bond donors (Lipinski definition) is 3. The average molecular weight is 493 g/mol. The number of nitrogens with zero attached hydrogens (tertiary/aromatic N) is 2. The molecule has 11 heteroatoms. The van der Waals surface area contributed by atoms with E-state index in [4.69, 9.17) is 4.74 Å². The van der Waals surface area contributed by atoms with Gasteiger partial charge in [0.25, 0.3) is 0 Å². The van der Waals surface area contributed by atoms with Gasteiger partial charge >= 0.3 is 12.1 Å². The van der Waals surface area contributed by atoms with Crippen LogP contribution < -0.4 is 10.6 Å². The number of benzene rings is 1. The van der Waals surface area contributed by atoms with Gasteiger partial charge in [0.2, 0.25) is 11.8 Å². The van der Waals surface area contributed by atoms with Crippen molar-refractivity contribution in [1.82, 2.24) is 15.5 Å². The van der Waals surface area contributed by atoms with Gasteiger partial charge in [-0.25, -0.2) is 4.79 Å². The first kappa shape index (κ1) is 28.8. The van der Waals surface area contributed by atoms with Gasteiger partial charge in [-0.05, 0) is 51.3 Å². The minimum absolute atomic E-state index is 0.108. The van der Waals surface area contributed by atoms with E-state index >= 15 is 0 Å². The highest BCUT2D eigenvalue weighted by Gasteiger charge is 2.36. The van der Waals surface area contributed by atoms with E-state index in [0.29, 0.717) is 5.56 Å². The maximum atomic E-state index is 13.4. The summed E-state index contributed by atoms with van der Waals surface area (Å²) in [6, 6.07) is 4.65. The van der Waals surface area contributed by atoms with E-state index in [0.717, 1.165) is 16.0 Å². The molecule has 0 aliphatic heterocycles. The molecule has 3 amide bonds. The standard InChI is InChI=1S/C23H32N4O6S/c1-14-7-8-16(11-15(14)2)19(20(29)25-12-18(28)32-6)27(10-9-24)21(30)17(13-34)26-22(31)33-23(3,4)5/h7-8,11,17,19,34H,10,12-13H2,1-6H3,(H,25,29)(H,26,31). The SMILES string of the molecule is COC(=O)CNC(=O)C(c1ccc(C)c(C)c1)N(CC#N)C(=O)C(CS)NC(=O)OC(C)(C)C. The number of amides is 3. The van der Waals surface area contributed by atoms with E-state index in [1.165, 1.54) is 7.11 Å². The van der Waals surface area contributed by atoms with Crippen LogP contribution in [0.25, 0.3) is 0 Å². The average Bonchev–Trinajstić information content (AvgIpc) is 2.76. The number of rotatable bonds is 9. The highest BCUT2D eigenvalue weighted by Crippen LogP contribution is 2.25. The van der Waals surface area contributed by atoms with Gasteiger partial charge in [0.15, 0.2) is 0 Å². The topological polar surface area (TPSA) is 138 Å². The third kappa shape index (κ3) is 8.59. The molecule has 2 atom stereocenters. The zero-order valence-electron chi connectivity index (χ0n) is 20.3. The molecule has 0 bridgehead atoms. The fourth-order valence-corrected chi connectivity index (χ4v) is 3.19. The zero-order chi connectivity index (χ0) is 26.1. The molecule has 34 heavy (non-hydrogen) atoms. The van der Waals surface area contributed by atoms with E-state index in [-0.39, 0.29) is 5.75 Å². The van der Waals surface area contributed by atoms with Gasteiger partial charge < -0.3 is 25.0 Å². The van der Waals surface area contributed by atoms with Crippen LogP contribution >= 0.6 is 12.6 Å². The molecule has 2 unspecified atom stereocenters. The molecule has 0 aliphatic carbocycles. The maximum Gasteiger partial charge on any atom is 0.408 e. The molecule has 10 nitrogen and oxygen atoms in total. The number of ether oxygens (including phenoxy) is 2. The lowest BCUT2D eigenvalue weighted by atomic mass is 9.98. The van der Waals surface area contributed by atoms with Gasteiger partial charge in [-0.15, -0.1) is 0 Å². The summed E-state index contributed by atoms with van der Waals surface area (Å²) in [6.45, 7) is 7.89. The molecule has 0 radical (unpaired) electrons. The van der Waals surface area contributed by atoms with Crippen molar-refractivity contribution in [3.63, 3.8) is 0 Å². The molecule has 1 rings (SSSR count). The monoisotopic (exact) mass is 492 g/mol. The van der Waals surface area contributed by atoms with Crippen LogP contribution in [0.4, 0.5) is 4.79 Å². The number of carbonyl (C=O) groups is 4. The quantitative estimate of drug-likeness (QED) is 0.271. The lowest BCUT2D eigenvalue weighted by Gasteiger charge is -2.32. The number of esters is 1. The molecule has 0 saturated heterocycles. The van der Waals surface area contributed by atoms with Crippen molar-refractivity contribution in [2.24, 2.45) is 0 Å². The van der Waals surface area contributed by atoms with Crippen LogP contribution in [0.5, 0.6) is 0 Å². The van der Waals surface area contributed by atoms with E-state index in [2.05, 4.69) is 28.0 Å². The fraction of sp³-hybridized carbons (Fsp3) is 0.522. The van der Waals surface area contributed by atoms with E-state index < -0.39 is 54.7 Å². The van der Waals surface area contributed by atoms with Gasteiger partial charge in [-0.1, -0.05) is 18.2 Å². The summed E-state index contributed by atoms with van der Waals surface area (Å²) in [5, 5.41) is 14.3. The Hall–Kier alpha value is -3.26. The highest BCUT2D eigenvalue weighted by atomic mass is 32.1. The summed E-state index contributed by atoms with van der Waals surface area (Å²) in [4.78, 5) is 51.4. The molecular weight excluding hydrogens is 460 g/mol. The van der Waals surface area contributed by atoms with Gasteiger partial charge in [-0.3, -0.25) is 14.4 Å². The Bertz CT molecular complexity index is 954. The maximum absolute atomic E-state index is 13.4. The molecule has 0 aromatic heterocycles. The Morgan fingerprint density at radius 1 is 1.18 bits per heavy atom. The molecule has 0 aliphatic rings.